The van der Waals surface area contributed by atoms with E-state index in [2.05, 4.69) is 5.32 Å². The van der Waals surface area contributed by atoms with Gasteiger partial charge in [0.1, 0.15) is 6.04 Å². The van der Waals surface area contributed by atoms with E-state index in [1.165, 1.54) is 4.31 Å². The van der Waals surface area contributed by atoms with Gasteiger partial charge in [-0.05, 0) is 68.4 Å². The standard InChI is InChI=1S/C29H40ClN3O4S/c1-5-26(29(35)31-24-14-8-9-15-24)32(20-23-13-7-6-12-21(23)2)28(34)18-11-19-33(38(4,36)37)27-17-10-16-25(30)22(27)3/h6-7,10,12-13,16-17,24,26H,5,8-9,11,14-15,18-20H2,1-4H3,(H,31,35)/t26-/m1/s1. The van der Waals surface area contributed by atoms with Crippen molar-refractivity contribution in [1.29, 1.82) is 0 Å². The van der Waals surface area contributed by atoms with Crippen LogP contribution in [0.3, 0.4) is 0 Å². The minimum absolute atomic E-state index is 0.116. The molecule has 0 spiro atoms. The highest BCUT2D eigenvalue weighted by atomic mass is 35.5. The van der Waals surface area contributed by atoms with Gasteiger partial charge in [-0.25, -0.2) is 8.42 Å². The molecule has 1 saturated carbocycles. The van der Waals surface area contributed by atoms with Crippen LogP contribution < -0.4 is 9.62 Å². The molecule has 1 atom stereocenters. The van der Waals surface area contributed by atoms with Crippen LogP contribution in [0.2, 0.25) is 5.02 Å². The first-order valence-electron chi connectivity index (χ1n) is 13.4. The lowest BCUT2D eigenvalue weighted by atomic mass is 10.0. The molecule has 208 valence electrons. The van der Waals surface area contributed by atoms with E-state index >= 15 is 0 Å². The normalized spacial score (nSPS) is 14.8. The average molecular weight is 562 g/mol. The molecule has 9 heteroatoms. The summed E-state index contributed by atoms with van der Waals surface area (Å²) in [6.45, 7) is 6.15. The highest BCUT2D eigenvalue weighted by Gasteiger charge is 2.31. The van der Waals surface area contributed by atoms with Gasteiger partial charge in [0, 0.05) is 30.6 Å². The fourth-order valence-electron chi connectivity index (χ4n) is 5.11. The number of aryl methyl sites for hydroxylation is 1. The fraction of sp³-hybridized carbons (Fsp3) is 0.517. The number of nitrogens with zero attached hydrogens (tertiary/aromatic N) is 2. The SMILES string of the molecule is CC[C@H](C(=O)NC1CCCC1)N(Cc1ccccc1C)C(=O)CCCN(c1cccc(Cl)c1C)S(C)(=O)=O. The molecule has 0 saturated heterocycles. The van der Waals surface area contributed by atoms with E-state index in [1.54, 1.807) is 30.0 Å². The number of carbonyl (C=O) groups excluding carboxylic acids is 2. The maximum atomic E-state index is 13.6. The van der Waals surface area contributed by atoms with E-state index in [4.69, 9.17) is 11.6 Å². The van der Waals surface area contributed by atoms with Gasteiger partial charge in [0.15, 0.2) is 0 Å². The topological polar surface area (TPSA) is 86.8 Å². The van der Waals surface area contributed by atoms with Crippen molar-refractivity contribution in [2.75, 3.05) is 17.1 Å². The molecule has 0 aliphatic heterocycles. The number of sulfonamides is 1. The smallest absolute Gasteiger partial charge is 0.243 e. The summed E-state index contributed by atoms with van der Waals surface area (Å²) in [5.41, 5.74) is 3.21. The molecular formula is C29H40ClN3O4S. The average Bonchev–Trinajstić information content (AvgIpc) is 3.37. The predicted octanol–water partition coefficient (Wildman–Crippen LogP) is 5.37. The maximum Gasteiger partial charge on any atom is 0.243 e. The van der Waals surface area contributed by atoms with Crippen LogP contribution in [0.25, 0.3) is 0 Å². The summed E-state index contributed by atoms with van der Waals surface area (Å²) < 4.78 is 26.6. The molecule has 2 aromatic rings. The van der Waals surface area contributed by atoms with Crippen molar-refractivity contribution in [2.45, 2.75) is 84.3 Å². The Morgan fingerprint density at radius 3 is 2.39 bits per heavy atom. The number of hydrogen-bond acceptors (Lipinski definition) is 4. The van der Waals surface area contributed by atoms with E-state index in [1.807, 2.05) is 38.1 Å². The van der Waals surface area contributed by atoms with Crippen molar-refractivity contribution in [3.63, 3.8) is 0 Å². The number of carbonyl (C=O) groups is 2. The predicted molar refractivity (Wildman–Crippen MR) is 154 cm³/mol. The van der Waals surface area contributed by atoms with Crippen molar-refractivity contribution in [3.8, 4) is 0 Å². The Hall–Kier alpha value is -2.58. The lowest BCUT2D eigenvalue weighted by Gasteiger charge is -2.32. The number of amides is 2. The van der Waals surface area contributed by atoms with E-state index in [-0.39, 0.29) is 30.8 Å². The summed E-state index contributed by atoms with van der Waals surface area (Å²) in [6, 6.07) is 12.6. The highest BCUT2D eigenvalue weighted by Crippen LogP contribution is 2.29. The van der Waals surface area contributed by atoms with Crippen LogP contribution in [-0.2, 0) is 26.2 Å². The number of benzene rings is 2. The molecule has 1 N–H and O–H groups in total. The Balaban J connectivity index is 1.79. The summed E-state index contributed by atoms with van der Waals surface area (Å²) in [6.07, 6.45) is 6.23. The van der Waals surface area contributed by atoms with E-state index in [9.17, 15) is 18.0 Å². The number of nitrogens with one attached hydrogen (secondary N) is 1. The molecular weight excluding hydrogens is 522 g/mol. The van der Waals surface area contributed by atoms with Crippen LogP contribution in [0.4, 0.5) is 5.69 Å². The molecule has 2 amide bonds. The van der Waals surface area contributed by atoms with Gasteiger partial charge in [-0.15, -0.1) is 0 Å². The van der Waals surface area contributed by atoms with Gasteiger partial charge in [0.25, 0.3) is 0 Å². The Bertz CT molecular complexity index is 1230. The number of anilines is 1. The molecule has 0 heterocycles. The minimum atomic E-state index is -3.59. The second-order valence-corrected chi connectivity index (χ2v) is 12.5. The van der Waals surface area contributed by atoms with Gasteiger partial charge in [-0.2, -0.15) is 0 Å². The lowest BCUT2D eigenvalue weighted by molar-refractivity contribution is -0.141. The van der Waals surface area contributed by atoms with Gasteiger partial charge in [-0.1, -0.05) is 61.7 Å². The highest BCUT2D eigenvalue weighted by molar-refractivity contribution is 7.92. The third-order valence-electron chi connectivity index (χ3n) is 7.35. The second-order valence-electron chi connectivity index (χ2n) is 10.2. The lowest BCUT2D eigenvalue weighted by Crippen LogP contribution is -2.51. The number of halogens is 1. The fourth-order valence-corrected chi connectivity index (χ4v) is 6.29. The Morgan fingerprint density at radius 1 is 1.08 bits per heavy atom. The van der Waals surface area contributed by atoms with Crippen molar-refractivity contribution in [1.82, 2.24) is 10.2 Å². The molecule has 7 nitrogen and oxygen atoms in total. The first-order chi connectivity index (χ1) is 18.0. The molecule has 0 unspecified atom stereocenters. The van der Waals surface area contributed by atoms with Crippen LogP contribution in [0.1, 0.15) is 68.6 Å². The first kappa shape index (κ1) is 30.0. The molecule has 1 aliphatic carbocycles. The molecule has 2 aromatic carbocycles. The molecule has 0 aromatic heterocycles. The summed E-state index contributed by atoms with van der Waals surface area (Å²) in [4.78, 5) is 28.6. The third kappa shape index (κ3) is 7.73. The Labute approximate surface area is 232 Å². The molecule has 1 fully saturated rings. The molecule has 1 aliphatic rings. The molecule has 0 bridgehead atoms. The van der Waals surface area contributed by atoms with Crippen LogP contribution >= 0.6 is 11.6 Å². The second kappa shape index (κ2) is 13.5. The molecule has 3 rings (SSSR count). The summed E-state index contributed by atoms with van der Waals surface area (Å²) in [5, 5.41) is 3.64. The molecule has 0 radical (unpaired) electrons. The maximum absolute atomic E-state index is 13.6. The van der Waals surface area contributed by atoms with E-state index in [0.717, 1.165) is 43.1 Å². The summed E-state index contributed by atoms with van der Waals surface area (Å²) >= 11 is 6.24. The number of rotatable bonds is 12. The summed E-state index contributed by atoms with van der Waals surface area (Å²) in [5.74, 6) is -0.286. The zero-order chi connectivity index (χ0) is 27.9. The number of hydrogen-bond donors (Lipinski definition) is 1. The Morgan fingerprint density at radius 2 is 1.76 bits per heavy atom. The minimum Gasteiger partial charge on any atom is -0.352 e. The van der Waals surface area contributed by atoms with Crippen molar-refractivity contribution in [3.05, 3.63) is 64.2 Å². The van der Waals surface area contributed by atoms with Crippen LogP contribution in [0, 0.1) is 13.8 Å². The van der Waals surface area contributed by atoms with E-state index < -0.39 is 16.1 Å². The van der Waals surface area contributed by atoms with Crippen LogP contribution in [-0.4, -0.2) is 50.0 Å². The quantitative estimate of drug-likeness (QED) is 0.377. The van der Waals surface area contributed by atoms with Gasteiger partial charge < -0.3 is 10.2 Å². The van der Waals surface area contributed by atoms with Crippen LogP contribution in [0.5, 0.6) is 0 Å². The van der Waals surface area contributed by atoms with Gasteiger partial charge in [0.2, 0.25) is 21.8 Å². The van der Waals surface area contributed by atoms with Gasteiger partial charge in [-0.3, -0.25) is 13.9 Å². The van der Waals surface area contributed by atoms with Crippen molar-refractivity contribution < 1.29 is 18.0 Å². The largest absolute Gasteiger partial charge is 0.352 e. The first-order valence-corrected chi connectivity index (χ1v) is 15.6. The zero-order valence-electron chi connectivity index (χ0n) is 22.9. The Kier molecular flexibility index (Phi) is 10.6. The third-order valence-corrected chi connectivity index (χ3v) is 8.94. The summed E-state index contributed by atoms with van der Waals surface area (Å²) in [7, 11) is -3.59. The zero-order valence-corrected chi connectivity index (χ0v) is 24.4. The monoisotopic (exact) mass is 561 g/mol. The van der Waals surface area contributed by atoms with Gasteiger partial charge >= 0.3 is 0 Å². The molecule has 38 heavy (non-hydrogen) atoms. The van der Waals surface area contributed by atoms with Crippen LogP contribution in [0.15, 0.2) is 42.5 Å². The van der Waals surface area contributed by atoms with Crippen molar-refractivity contribution in [2.24, 2.45) is 0 Å². The van der Waals surface area contributed by atoms with E-state index in [0.29, 0.717) is 35.7 Å². The van der Waals surface area contributed by atoms with Gasteiger partial charge in [0.05, 0.1) is 11.9 Å². The van der Waals surface area contributed by atoms with Crippen molar-refractivity contribution >= 4 is 39.1 Å².